The van der Waals surface area contributed by atoms with Crippen molar-refractivity contribution in [2.75, 3.05) is 25.0 Å². The molecule has 7 heteroatoms. The quantitative estimate of drug-likeness (QED) is 0.441. The van der Waals surface area contributed by atoms with Crippen molar-refractivity contribution in [3.8, 4) is 0 Å². The molecule has 0 aliphatic carbocycles. The van der Waals surface area contributed by atoms with Crippen LogP contribution in [0.5, 0.6) is 0 Å². The predicted molar refractivity (Wildman–Crippen MR) is 125 cm³/mol. The summed E-state index contributed by atoms with van der Waals surface area (Å²) in [5.74, 6) is -0.0505. The monoisotopic (exact) mass is 434 g/mol. The van der Waals surface area contributed by atoms with Gasteiger partial charge in [-0.25, -0.2) is 4.79 Å². The lowest BCUT2D eigenvalue weighted by atomic mass is 10.1. The summed E-state index contributed by atoms with van der Waals surface area (Å²) in [7, 11) is 0. The maximum Gasteiger partial charge on any atom is 0.315 e. The molecule has 0 spiro atoms. The molecular weight excluding hydrogens is 404 g/mol. The summed E-state index contributed by atoms with van der Waals surface area (Å²) in [6.07, 6.45) is 1.46. The van der Waals surface area contributed by atoms with Gasteiger partial charge in [0, 0.05) is 18.8 Å². The largest absolute Gasteiger partial charge is 0.459 e. The lowest BCUT2D eigenvalue weighted by Crippen LogP contribution is -2.42. The summed E-state index contributed by atoms with van der Waals surface area (Å²) in [6, 6.07) is 20.3. The van der Waals surface area contributed by atoms with Gasteiger partial charge in [-0.15, -0.1) is 0 Å². The average Bonchev–Trinajstić information content (AvgIpc) is 3.37. The first-order valence-electron chi connectivity index (χ1n) is 10.8. The number of anilines is 1. The number of benzene rings is 2. The molecule has 0 unspecified atom stereocenters. The van der Waals surface area contributed by atoms with Crippen molar-refractivity contribution in [3.05, 3.63) is 89.9 Å². The molecule has 2 aromatic carbocycles. The average molecular weight is 435 g/mol. The molecule has 3 N–H and O–H groups in total. The molecular formula is C25H30N4O3. The smallest absolute Gasteiger partial charge is 0.315 e. The van der Waals surface area contributed by atoms with E-state index in [2.05, 4.69) is 34.7 Å². The first-order valence-corrected chi connectivity index (χ1v) is 10.8. The molecule has 3 aromatic rings. The highest BCUT2D eigenvalue weighted by molar-refractivity contribution is 6.02. The van der Waals surface area contributed by atoms with Crippen LogP contribution < -0.4 is 16.0 Å². The normalized spacial score (nSPS) is 11.7. The molecule has 0 saturated heterocycles. The molecule has 0 aliphatic heterocycles. The van der Waals surface area contributed by atoms with Crippen LogP contribution in [-0.2, 0) is 6.54 Å². The van der Waals surface area contributed by atoms with Gasteiger partial charge in [-0.1, -0.05) is 56.3 Å². The minimum absolute atomic E-state index is 0.102. The van der Waals surface area contributed by atoms with Crippen molar-refractivity contribution in [2.24, 2.45) is 0 Å². The summed E-state index contributed by atoms with van der Waals surface area (Å²) in [5.41, 5.74) is 2.66. The second kappa shape index (κ2) is 11.7. The van der Waals surface area contributed by atoms with Crippen LogP contribution in [0.1, 0.15) is 41.6 Å². The van der Waals surface area contributed by atoms with E-state index in [4.69, 9.17) is 4.42 Å². The predicted octanol–water partition coefficient (Wildman–Crippen LogP) is 4.41. The Hall–Kier alpha value is -3.58. The Kier molecular flexibility index (Phi) is 8.45. The van der Waals surface area contributed by atoms with Gasteiger partial charge in [0.1, 0.15) is 0 Å². The van der Waals surface area contributed by atoms with E-state index in [1.807, 2.05) is 42.5 Å². The van der Waals surface area contributed by atoms with Crippen molar-refractivity contribution in [1.29, 1.82) is 0 Å². The third-order valence-corrected chi connectivity index (χ3v) is 5.25. The number of nitrogens with one attached hydrogen (secondary N) is 3. The maximum atomic E-state index is 12.6. The van der Waals surface area contributed by atoms with Gasteiger partial charge >= 0.3 is 6.03 Å². The number of amides is 3. The van der Waals surface area contributed by atoms with E-state index < -0.39 is 0 Å². The van der Waals surface area contributed by atoms with E-state index >= 15 is 0 Å². The number of nitrogens with zero attached hydrogens (tertiary/aromatic N) is 1. The van der Waals surface area contributed by atoms with Crippen molar-refractivity contribution < 1.29 is 14.0 Å². The minimum Gasteiger partial charge on any atom is -0.459 e. The third-order valence-electron chi connectivity index (χ3n) is 5.25. The molecule has 3 rings (SSSR count). The van der Waals surface area contributed by atoms with Crippen LogP contribution in [0.15, 0.2) is 77.4 Å². The fraction of sp³-hybridized carbons (Fsp3) is 0.280. The Balaban J connectivity index is 1.53. The van der Waals surface area contributed by atoms with E-state index in [9.17, 15) is 9.59 Å². The molecule has 0 fully saturated rings. The summed E-state index contributed by atoms with van der Waals surface area (Å²) in [4.78, 5) is 26.9. The molecule has 1 aromatic heterocycles. The number of furan rings is 1. The van der Waals surface area contributed by atoms with E-state index in [1.165, 1.54) is 6.26 Å². The zero-order valence-electron chi connectivity index (χ0n) is 18.5. The summed E-state index contributed by atoms with van der Waals surface area (Å²) < 4.78 is 5.09. The van der Waals surface area contributed by atoms with Crippen LogP contribution in [0.25, 0.3) is 0 Å². The fourth-order valence-corrected chi connectivity index (χ4v) is 3.36. The summed E-state index contributed by atoms with van der Waals surface area (Å²) in [5, 5.41) is 8.79. The highest BCUT2D eigenvalue weighted by atomic mass is 16.3. The Morgan fingerprint density at radius 1 is 0.938 bits per heavy atom. The highest BCUT2D eigenvalue weighted by Crippen LogP contribution is 2.15. The fourth-order valence-electron chi connectivity index (χ4n) is 3.36. The standard InChI is InChI=1S/C25H30N4O3/c1-3-29(4-2)18-22(20-9-6-5-7-10-20)28-25(31)26-17-19-12-14-21(15-13-19)27-24(30)23-11-8-16-32-23/h5-16,22H,3-4,17-18H2,1-2H3,(H,27,30)(H2,26,28,31)/t22-/m1/s1. The molecule has 3 amide bonds. The Bertz CT molecular complexity index is 968. The minimum atomic E-state index is -0.305. The third kappa shape index (κ3) is 6.72. The molecule has 1 atom stereocenters. The Morgan fingerprint density at radius 2 is 1.66 bits per heavy atom. The maximum absolute atomic E-state index is 12.6. The van der Waals surface area contributed by atoms with Gasteiger partial charge in [0.05, 0.1) is 12.3 Å². The second-order valence-corrected chi connectivity index (χ2v) is 7.40. The van der Waals surface area contributed by atoms with E-state index in [0.29, 0.717) is 12.2 Å². The SMILES string of the molecule is CCN(CC)C[C@@H](NC(=O)NCc1ccc(NC(=O)c2ccco2)cc1)c1ccccc1. The molecule has 0 saturated carbocycles. The zero-order chi connectivity index (χ0) is 22.8. The number of hydrogen-bond acceptors (Lipinski definition) is 4. The second-order valence-electron chi connectivity index (χ2n) is 7.40. The lowest BCUT2D eigenvalue weighted by Gasteiger charge is -2.26. The van der Waals surface area contributed by atoms with Crippen LogP contribution in [0.2, 0.25) is 0 Å². The first kappa shape index (κ1) is 23.1. The Labute approximate surface area is 188 Å². The van der Waals surface area contributed by atoms with E-state index in [0.717, 1.165) is 30.8 Å². The van der Waals surface area contributed by atoms with Crippen LogP contribution in [0, 0.1) is 0 Å². The van der Waals surface area contributed by atoms with E-state index in [1.54, 1.807) is 24.3 Å². The molecule has 32 heavy (non-hydrogen) atoms. The van der Waals surface area contributed by atoms with Gasteiger partial charge in [-0.05, 0) is 48.5 Å². The molecule has 7 nitrogen and oxygen atoms in total. The van der Waals surface area contributed by atoms with Crippen LogP contribution in [-0.4, -0.2) is 36.5 Å². The molecule has 168 valence electrons. The number of likely N-dealkylation sites (N-methyl/N-ethyl adjacent to an activating group) is 1. The Morgan fingerprint density at radius 3 is 2.28 bits per heavy atom. The summed E-state index contributed by atoms with van der Waals surface area (Å²) >= 11 is 0. The number of carbonyl (C=O) groups excluding carboxylic acids is 2. The number of rotatable bonds is 10. The van der Waals surface area contributed by atoms with Gasteiger partial charge in [0.2, 0.25) is 0 Å². The van der Waals surface area contributed by atoms with Crippen molar-refractivity contribution in [2.45, 2.75) is 26.4 Å². The van der Waals surface area contributed by atoms with Gasteiger partial charge in [0.25, 0.3) is 5.91 Å². The zero-order valence-corrected chi connectivity index (χ0v) is 18.5. The van der Waals surface area contributed by atoms with Gasteiger partial charge in [0.15, 0.2) is 5.76 Å². The van der Waals surface area contributed by atoms with Crippen molar-refractivity contribution in [3.63, 3.8) is 0 Å². The van der Waals surface area contributed by atoms with Gasteiger partial charge in [-0.3, -0.25) is 4.79 Å². The van der Waals surface area contributed by atoms with Crippen molar-refractivity contribution >= 4 is 17.6 Å². The van der Waals surface area contributed by atoms with Crippen LogP contribution in [0.3, 0.4) is 0 Å². The molecule has 0 aliphatic rings. The molecule has 1 heterocycles. The van der Waals surface area contributed by atoms with Gasteiger partial charge < -0.3 is 25.3 Å². The van der Waals surface area contributed by atoms with Gasteiger partial charge in [-0.2, -0.15) is 0 Å². The van der Waals surface area contributed by atoms with Crippen LogP contribution in [0.4, 0.5) is 10.5 Å². The lowest BCUT2D eigenvalue weighted by molar-refractivity contribution is 0.0996. The summed E-state index contributed by atoms with van der Waals surface area (Å²) in [6.45, 7) is 7.20. The van der Waals surface area contributed by atoms with E-state index in [-0.39, 0.29) is 23.7 Å². The number of carbonyl (C=O) groups is 2. The first-order chi connectivity index (χ1) is 15.6. The number of urea groups is 1. The van der Waals surface area contributed by atoms with Crippen molar-refractivity contribution in [1.82, 2.24) is 15.5 Å². The highest BCUT2D eigenvalue weighted by Gasteiger charge is 2.17. The van der Waals surface area contributed by atoms with Crippen LogP contribution >= 0.6 is 0 Å². The topological polar surface area (TPSA) is 86.6 Å². The number of hydrogen-bond donors (Lipinski definition) is 3. The molecule has 0 bridgehead atoms. The molecule has 0 radical (unpaired) electrons.